The second kappa shape index (κ2) is 9.86. The molecule has 1 aromatic heterocycles. The number of aryl methyl sites for hydroxylation is 1. The van der Waals surface area contributed by atoms with Gasteiger partial charge in [0.15, 0.2) is 11.5 Å². The Morgan fingerprint density at radius 3 is 2.44 bits per heavy atom. The van der Waals surface area contributed by atoms with E-state index in [9.17, 15) is 19.8 Å². The highest BCUT2D eigenvalue weighted by atomic mass is 16.6. The van der Waals surface area contributed by atoms with Crippen molar-refractivity contribution in [1.29, 1.82) is 0 Å². The third-order valence-electron chi connectivity index (χ3n) is 4.89. The largest absolute Gasteiger partial charge is 0.504 e. The number of aromatic hydroxyl groups is 2. The zero-order valence-corrected chi connectivity index (χ0v) is 17.8. The highest BCUT2D eigenvalue weighted by Crippen LogP contribution is 2.27. The number of nitrogens with one attached hydrogen (secondary N) is 1. The number of benzene rings is 2. The number of hydrogen-bond donors (Lipinski definition) is 3. The molecule has 0 aliphatic heterocycles. The van der Waals surface area contributed by atoms with Crippen LogP contribution in [0.3, 0.4) is 0 Å². The van der Waals surface area contributed by atoms with Gasteiger partial charge < -0.3 is 29.6 Å². The molecule has 9 heteroatoms. The summed E-state index contributed by atoms with van der Waals surface area (Å²) < 4.78 is 12.4. The van der Waals surface area contributed by atoms with E-state index in [1.54, 1.807) is 24.0 Å². The molecule has 32 heavy (non-hydrogen) atoms. The van der Waals surface area contributed by atoms with Crippen LogP contribution in [0.2, 0.25) is 0 Å². The maximum Gasteiger partial charge on any atom is 0.408 e. The molecule has 9 nitrogen and oxygen atoms in total. The Labute approximate surface area is 185 Å². The summed E-state index contributed by atoms with van der Waals surface area (Å²) in [5.41, 5.74) is -0.215. The van der Waals surface area contributed by atoms with Crippen molar-refractivity contribution in [2.45, 2.75) is 32.1 Å². The molecule has 3 N–H and O–H groups in total. The maximum absolute atomic E-state index is 13.0. The SMILES string of the molecule is Cn1ccnc1COC(=O)[C@](C)(Cc1ccc(O)c(O)c1)NC(=O)OCc1ccccc1. The highest BCUT2D eigenvalue weighted by Gasteiger charge is 2.38. The van der Waals surface area contributed by atoms with Gasteiger partial charge in [0.05, 0.1) is 0 Å². The van der Waals surface area contributed by atoms with Gasteiger partial charge in [-0.1, -0.05) is 36.4 Å². The first kappa shape index (κ1) is 22.7. The fourth-order valence-corrected chi connectivity index (χ4v) is 3.06. The smallest absolute Gasteiger partial charge is 0.408 e. The number of nitrogens with zero attached hydrogens (tertiary/aromatic N) is 2. The van der Waals surface area contributed by atoms with Crippen molar-refractivity contribution in [3.63, 3.8) is 0 Å². The second-order valence-electron chi connectivity index (χ2n) is 7.55. The predicted octanol–water partition coefficient (Wildman–Crippen LogP) is 2.80. The van der Waals surface area contributed by atoms with Gasteiger partial charge in [-0.3, -0.25) is 0 Å². The van der Waals surface area contributed by atoms with Gasteiger partial charge in [0, 0.05) is 25.9 Å². The molecule has 0 aliphatic rings. The molecular formula is C23H25N3O6. The van der Waals surface area contributed by atoms with Crippen molar-refractivity contribution in [2.75, 3.05) is 0 Å². The lowest BCUT2D eigenvalue weighted by molar-refractivity contribution is -0.152. The summed E-state index contributed by atoms with van der Waals surface area (Å²) in [7, 11) is 1.77. The molecule has 3 aromatic rings. The van der Waals surface area contributed by atoms with Gasteiger partial charge >= 0.3 is 12.1 Å². The lowest BCUT2D eigenvalue weighted by Crippen LogP contribution is -2.54. The van der Waals surface area contributed by atoms with Crippen molar-refractivity contribution in [2.24, 2.45) is 7.05 Å². The molecule has 1 heterocycles. The van der Waals surface area contributed by atoms with E-state index in [0.717, 1.165) is 5.56 Å². The normalized spacial score (nSPS) is 12.6. The number of amides is 1. The number of imidazole rings is 1. The average Bonchev–Trinajstić information content (AvgIpc) is 3.18. The van der Waals surface area contributed by atoms with E-state index in [1.165, 1.54) is 25.1 Å². The zero-order chi connectivity index (χ0) is 23.1. The molecule has 1 atom stereocenters. The zero-order valence-electron chi connectivity index (χ0n) is 17.8. The van der Waals surface area contributed by atoms with Crippen LogP contribution in [0.4, 0.5) is 4.79 Å². The summed E-state index contributed by atoms with van der Waals surface area (Å²) in [4.78, 5) is 29.6. The Hall–Kier alpha value is -4.01. The fraction of sp³-hybridized carbons (Fsp3) is 0.261. The number of phenolic OH excluding ortho intramolecular Hbond substituents is 2. The third kappa shape index (κ3) is 5.78. The van der Waals surface area contributed by atoms with Crippen LogP contribution in [-0.2, 0) is 41.0 Å². The quantitative estimate of drug-likeness (QED) is 0.364. The Bertz CT molecular complexity index is 1080. The molecule has 168 valence electrons. The molecule has 2 aromatic carbocycles. The Morgan fingerprint density at radius 2 is 1.78 bits per heavy atom. The fourth-order valence-electron chi connectivity index (χ4n) is 3.06. The molecule has 0 saturated carbocycles. The van der Waals surface area contributed by atoms with E-state index in [2.05, 4.69) is 10.3 Å². The number of rotatable bonds is 8. The lowest BCUT2D eigenvalue weighted by atomic mass is 9.92. The minimum atomic E-state index is -1.51. The predicted molar refractivity (Wildman–Crippen MR) is 115 cm³/mol. The molecule has 3 rings (SSSR count). The Morgan fingerprint density at radius 1 is 1.03 bits per heavy atom. The first-order valence-electron chi connectivity index (χ1n) is 9.90. The van der Waals surface area contributed by atoms with Gasteiger partial charge in [-0.15, -0.1) is 0 Å². The van der Waals surface area contributed by atoms with Crippen LogP contribution in [0.5, 0.6) is 11.5 Å². The van der Waals surface area contributed by atoms with Crippen LogP contribution in [0.1, 0.15) is 23.9 Å². The van der Waals surface area contributed by atoms with Crippen LogP contribution in [-0.4, -0.2) is 37.4 Å². The Balaban J connectivity index is 1.73. The third-order valence-corrected chi connectivity index (χ3v) is 4.89. The van der Waals surface area contributed by atoms with Gasteiger partial charge in [0.1, 0.15) is 24.6 Å². The topological polar surface area (TPSA) is 123 Å². The van der Waals surface area contributed by atoms with Crippen LogP contribution in [0, 0.1) is 0 Å². The molecule has 1 amide bonds. The molecule has 0 aliphatic carbocycles. The average molecular weight is 439 g/mol. The molecule has 0 radical (unpaired) electrons. The van der Waals surface area contributed by atoms with E-state index < -0.39 is 17.6 Å². The van der Waals surface area contributed by atoms with Gasteiger partial charge in [0.25, 0.3) is 0 Å². The maximum atomic E-state index is 13.0. The minimum absolute atomic E-state index is 0.0132. The number of hydrogen-bond acceptors (Lipinski definition) is 7. The molecular weight excluding hydrogens is 414 g/mol. The number of aromatic nitrogens is 2. The number of phenols is 2. The molecule has 0 saturated heterocycles. The van der Waals surface area contributed by atoms with Crippen molar-refractivity contribution in [1.82, 2.24) is 14.9 Å². The van der Waals surface area contributed by atoms with E-state index in [1.807, 2.05) is 30.3 Å². The summed E-state index contributed by atoms with van der Waals surface area (Å²) in [5.74, 6) is -0.791. The van der Waals surface area contributed by atoms with Gasteiger partial charge in [-0.2, -0.15) is 0 Å². The molecule has 0 bridgehead atoms. The number of esters is 1. The van der Waals surface area contributed by atoms with Crippen LogP contribution < -0.4 is 5.32 Å². The molecule has 0 spiro atoms. The summed E-state index contributed by atoms with van der Waals surface area (Å²) in [6, 6.07) is 13.3. The second-order valence-corrected chi connectivity index (χ2v) is 7.55. The van der Waals surface area contributed by atoms with Crippen molar-refractivity contribution in [3.8, 4) is 11.5 Å². The van der Waals surface area contributed by atoms with Gasteiger partial charge in [-0.25, -0.2) is 14.6 Å². The van der Waals surface area contributed by atoms with Crippen molar-refractivity contribution < 1.29 is 29.3 Å². The number of carbonyl (C=O) groups excluding carboxylic acids is 2. The lowest BCUT2D eigenvalue weighted by Gasteiger charge is -2.28. The van der Waals surface area contributed by atoms with Crippen LogP contribution >= 0.6 is 0 Å². The first-order chi connectivity index (χ1) is 15.3. The van der Waals surface area contributed by atoms with Gasteiger partial charge in [0.2, 0.25) is 0 Å². The molecule has 0 fully saturated rings. The van der Waals surface area contributed by atoms with Crippen LogP contribution in [0.15, 0.2) is 60.9 Å². The minimum Gasteiger partial charge on any atom is -0.504 e. The standard InChI is InChI=1S/C23H25N3O6/c1-23(13-17-8-9-18(27)19(28)12-17,21(29)31-15-20-24-10-11-26(20)2)25-22(30)32-14-16-6-4-3-5-7-16/h3-12,27-28H,13-15H2,1-2H3,(H,25,30)/t23-/m0/s1. The van der Waals surface area contributed by atoms with E-state index in [-0.39, 0.29) is 31.1 Å². The summed E-state index contributed by atoms with van der Waals surface area (Å²) in [6.07, 6.45) is 2.50. The van der Waals surface area contributed by atoms with Gasteiger partial charge in [-0.05, 0) is 30.2 Å². The van der Waals surface area contributed by atoms with Crippen molar-refractivity contribution >= 4 is 12.1 Å². The number of carbonyl (C=O) groups is 2. The monoisotopic (exact) mass is 439 g/mol. The summed E-state index contributed by atoms with van der Waals surface area (Å²) >= 11 is 0. The van der Waals surface area contributed by atoms with E-state index >= 15 is 0 Å². The Kier molecular flexibility index (Phi) is 6.99. The highest BCUT2D eigenvalue weighted by molar-refractivity contribution is 5.85. The van der Waals surface area contributed by atoms with Crippen LogP contribution in [0.25, 0.3) is 0 Å². The summed E-state index contributed by atoms with van der Waals surface area (Å²) in [6.45, 7) is 1.45. The van der Waals surface area contributed by atoms with Crippen molar-refractivity contribution in [3.05, 3.63) is 77.9 Å². The van der Waals surface area contributed by atoms with E-state index in [0.29, 0.717) is 11.4 Å². The molecule has 0 unspecified atom stereocenters. The first-order valence-corrected chi connectivity index (χ1v) is 9.90. The number of ether oxygens (including phenoxy) is 2. The summed E-state index contributed by atoms with van der Waals surface area (Å²) in [5, 5.41) is 21.9. The number of alkyl carbamates (subject to hydrolysis) is 1. The van der Waals surface area contributed by atoms with E-state index in [4.69, 9.17) is 9.47 Å².